The third kappa shape index (κ3) is 1.83. The predicted molar refractivity (Wildman–Crippen MR) is 80.0 cm³/mol. The fourth-order valence-corrected chi connectivity index (χ4v) is 2.44. The van der Waals surface area contributed by atoms with Crippen molar-refractivity contribution in [2.45, 2.75) is 0 Å². The van der Waals surface area contributed by atoms with Gasteiger partial charge in [0.2, 0.25) is 5.89 Å². The molecule has 5 nitrogen and oxygen atoms in total. The number of rotatable bonds is 2. The van der Waals surface area contributed by atoms with E-state index in [1.807, 2.05) is 24.3 Å². The number of nitrogens with zero attached hydrogens (tertiary/aromatic N) is 2. The Labute approximate surface area is 125 Å². The van der Waals surface area contributed by atoms with Crippen molar-refractivity contribution in [3.8, 4) is 0 Å². The number of benzene rings is 2. The van der Waals surface area contributed by atoms with Gasteiger partial charge in [-0.1, -0.05) is 24.3 Å². The Morgan fingerprint density at radius 1 is 0.909 bits per heavy atom. The summed E-state index contributed by atoms with van der Waals surface area (Å²) in [6.07, 6.45) is 2.91. The van der Waals surface area contributed by atoms with Crippen molar-refractivity contribution in [2.75, 3.05) is 0 Å². The molecule has 4 rings (SSSR count). The van der Waals surface area contributed by atoms with E-state index in [0.29, 0.717) is 22.6 Å². The average Bonchev–Trinajstić information content (AvgIpc) is 3.06. The molecule has 0 saturated heterocycles. The lowest BCUT2D eigenvalue weighted by Gasteiger charge is -2.05. The summed E-state index contributed by atoms with van der Waals surface area (Å²) in [6.45, 7) is 0. The molecule has 0 N–H and O–H groups in total. The van der Waals surface area contributed by atoms with Gasteiger partial charge >= 0.3 is 0 Å². The van der Waals surface area contributed by atoms with E-state index in [9.17, 15) is 9.59 Å². The van der Waals surface area contributed by atoms with Crippen LogP contribution in [0.15, 0.2) is 59.1 Å². The average molecular weight is 290 g/mol. The summed E-state index contributed by atoms with van der Waals surface area (Å²) in [7, 11) is 0. The molecular formula is C17H10N2O3. The van der Waals surface area contributed by atoms with Crippen LogP contribution in [0.2, 0.25) is 0 Å². The van der Waals surface area contributed by atoms with E-state index in [4.69, 9.17) is 4.42 Å². The Hall–Kier alpha value is -3.21. The van der Waals surface area contributed by atoms with Crippen LogP contribution in [0.25, 0.3) is 17.2 Å². The first kappa shape index (κ1) is 12.5. The van der Waals surface area contributed by atoms with Crippen LogP contribution >= 0.6 is 0 Å². The fourth-order valence-electron chi connectivity index (χ4n) is 2.44. The summed E-state index contributed by atoms with van der Waals surface area (Å²) in [6, 6.07) is 14.1. The van der Waals surface area contributed by atoms with Crippen LogP contribution in [-0.2, 0) is 0 Å². The molecule has 0 atom stereocenters. The van der Waals surface area contributed by atoms with Crippen LogP contribution in [0, 0.1) is 0 Å². The molecule has 22 heavy (non-hydrogen) atoms. The number of hydrogen-bond acceptors (Lipinski definition) is 4. The first-order valence-electron chi connectivity index (χ1n) is 6.75. The molecule has 106 valence electrons. The molecule has 2 heterocycles. The Kier molecular flexibility index (Phi) is 2.66. The van der Waals surface area contributed by atoms with Crippen LogP contribution in [0.3, 0.4) is 0 Å². The van der Waals surface area contributed by atoms with Gasteiger partial charge in [0.1, 0.15) is 5.52 Å². The Morgan fingerprint density at radius 3 is 2.23 bits per heavy atom. The molecule has 0 aliphatic carbocycles. The van der Waals surface area contributed by atoms with Gasteiger partial charge in [0, 0.05) is 12.3 Å². The minimum absolute atomic E-state index is 0.340. The van der Waals surface area contributed by atoms with Crippen molar-refractivity contribution < 1.29 is 14.0 Å². The summed E-state index contributed by atoms with van der Waals surface area (Å²) < 4.78 is 5.53. The normalized spacial score (nSPS) is 14.3. The largest absolute Gasteiger partial charge is 0.437 e. The highest BCUT2D eigenvalue weighted by Gasteiger charge is 2.33. The quantitative estimate of drug-likeness (QED) is 0.680. The van der Waals surface area contributed by atoms with Gasteiger partial charge in [0.05, 0.1) is 11.1 Å². The number of amides is 2. The van der Waals surface area contributed by atoms with Crippen molar-refractivity contribution in [2.24, 2.45) is 0 Å². The smallest absolute Gasteiger partial charge is 0.265 e. The highest BCUT2D eigenvalue weighted by Crippen LogP contribution is 2.23. The Bertz CT molecular complexity index is 872. The predicted octanol–water partition coefficient (Wildman–Crippen LogP) is 3.09. The second-order valence-corrected chi connectivity index (χ2v) is 4.86. The zero-order chi connectivity index (χ0) is 15.1. The van der Waals surface area contributed by atoms with Gasteiger partial charge in [0.25, 0.3) is 11.8 Å². The molecule has 2 aromatic carbocycles. The first-order valence-corrected chi connectivity index (χ1v) is 6.75. The van der Waals surface area contributed by atoms with Gasteiger partial charge in [-0.05, 0) is 24.3 Å². The molecule has 0 fully saturated rings. The molecule has 0 bridgehead atoms. The number of para-hydroxylation sites is 2. The number of aromatic nitrogens is 1. The number of carbonyl (C=O) groups excluding carboxylic acids is 2. The maximum Gasteiger partial charge on any atom is 0.265 e. The van der Waals surface area contributed by atoms with Gasteiger partial charge in [-0.15, -0.1) is 0 Å². The minimum Gasteiger partial charge on any atom is -0.437 e. The lowest BCUT2D eigenvalue weighted by molar-refractivity contribution is 0.0722. The van der Waals surface area contributed by atoms with Crippen molar-refractivity contribution in [1.29, 1.82) is 0 Å². The molecule has 0 spiro atoms. The van der Waals surface area contributed by atoms with Crippen molar-refractivity contribution >= 4 is 29.0 Å². The van der Waals surface area contributed by atoms with Crippen molar-refractivity contribution in [3.63, 3.8) is 0 Å². The van der Waals surface area contributed by atoms with Gasteiger partial charge < -0.3 is 4.42 Å². The number of imide groups is 1. The lowest BCUT2D eigenvalue weighted by Crippen LogP contribution is -2.23. The number of fused-ring (bicyclic) bond motifs is 2. The number of carbonyl (C=O) groups is 2. The van der Waals surface area contributed by atoms with E-state index in [-0.39, 0.29) is 11.8 Å². The Balaban J connectivity index is 1.66. The fraction of sp³-hybridized carbons (Fsp3) is 0. The molecule has 0 unspecified atom stereocenters. The maximum absolute atomic E-state index is 12.2. The minimum atomic E-state index is -0.340. The second-order valence-electron chi connectivity index (χ2n) is 4.86. The third-order valence-corrected chi connectivity index (χ3v) is 3.50. The van der Waals surface area contributed by atoms with Crippen LogP contribution in [-0.4, -0.2) is 21.7 Å². The topological polar surface area (TPSA) is 63.4 Å². The van der Waals surface area contributed by atoms with Crippen LogP contribution < -0.4 is 0 Å². The lowest BCUT2D eigenvalue weighted by atomic mass is 10.1. The van der Waals surface area contributed by atoms with Crippen molar-refractivity contribution in [3.05, 3.63) is 71.7 Å². The zero-order valence-electron chi connectivity index (χ0n) is 11.4. The van der Waals surface area contributed by atoms with Gasteiger partial charge in [-0.2, -0.15) is 0 Å². The molecule has 0 radical (unpaired) electrons. The second kappa shape index (κ2) is 4.66. The molecular weight excluding hydrogens is 280 g/mol. The van der Waals surface area contributed by atoms with E-state index < -0.39 is 0 Å². The van der Waals surface area contributed by atoms with Gasteiger partial charge in [0.15, 0.2) is 5.58 Å². The van der Waals surface area contributed by atoms with Crippen LogP contribution in [0.5, 0.6) is 0 Å². The first-order chi connectivity index (χ1) is 10.7. The van der Waals surface area contributed by atoms with E-state index in [0.717, 1.165) is 10.4 Å². The molecule has 1 aliphatic heterocycles. The molecule has 1 aliphatic rings. The summed E-state index contributed by atoms with van der Waals surface area (Å²) in [5.74, 6) is -0.335. The Morgan fingerprint density at radius 2 is 1.55 bits per heavy atom. The van der Waals surface area contributed by atoms with E-state index >= 15 is 0 Å². The SMILES string of the molecule is O=C1c2ccccc2C(=O)N1C=Cc1nc2ccccc2o1. The van der Waals surface area contributed by atoms with E-state index in [1.54, 1.807) is 24.3 Å². The molecule has 5 heteroatoms. The molecule has 0 saturated carbocycles. The standard InChI is InChI=1S/C17H10N2O3/c20-16-11-5-1-2-6-12(11)17(21)19(16)10-9-15-18-13-7-3-4-8-14(13)22-15/h1-10H. The molecule has 1 aromatic heterocycles. The summed E-state index contributed by atoms with van der Waals surface area (Å²) >= 11 is 0. The summed E-state index contributed by atoms with van der Waals surface area (Å²) in [4.78, 5) is 29.7. The van der Waals surface area contributed by atoms with Crippen molar-refractivity contribution in [1.82, 2.24) is 9.88 Å². The highest BCUT2D eigenvalue weighted by molar-refractivity contribution is 6.22. The highest BCUT2D eigenvalue weighted by atomic mass is 16.3. The monoisotopic (exact) mass is 290 g/mol. The van der Waals surface area contributed by atoms with Gasteiger partial charge in [-0.25, -0.2) is 9.88 Å². The summed E-state index contributed by atoms with van der Waals surface area (Å²) in [5.41, 5.74) is 2.21. The summed E-state index contributed by atoms with van der Waals surface area (Å²) in [5, 5.41) is 0. The molecule has 2 amide bonds. The zero-order valence-corrected chi connectivity index (χ0v) is 11.4. The van der Waals surface area contributed by atoms with Crippen LogP contribution in [0.4, 0.5) is 0 Å². The number of hydrogen-bond donors (Lipinski definition) is 0. The van der Waals surface area contributed by atoms with Crippen LogP contribution in [0.1, 0.15) is 26.6 Å². The third-order valence-electron chi connectivity index (χ3n) is 3.50. The van der Waals surface area contributed by atoms with E-state index in [2.05, 4.69) is 4.98 Å². The van der Waals surface area contributed by atoms with Gasteiger partial charge in [-0.3, -0.25) is 9.59 Å². The number of oxazole rings is 1. The maximum atomic E-state index is 12.2. The molecule has 3 aromatic rings. The van der Waals surface area contributed by atoms with E-state index in [1.165, 1.54) is 12.3 Å².